The van der Waals surface area contributed by atoms with E-state index in [4.69, 9.17) is 4.74 Å². The predicted molar refractivity (Wildman–Crippen MR) is 75.7 cm³/mol. The summed E-state index contributed by atoms with van der Waals surface area (Å²) in [6, 6.07) is 0. The number of ether oxygens (including phenoxy) is 1. The minimum absolute atomic E-state index is 0.0299. The summed E-state index contributed by atoms with van der Waals surface area (Å²) in [4.78, 5) is 12.4. The molecular formula is C18H26O2. The maximum Gasteiger partial charge on any atom is 0.312 e. The average molecular weight is 274 g/mol. The lowest BCUT2D eigenvalue weighted by Crippen LogP contribution is -2.44. The maximum atomic E-state index is 12.4. The van der Waals surface area contributed by atoms with Gasteiger partial charge in [-0.05, 0) is 79.4 Å². The molecule has 0 N–H and O–H groups in total. The number of fused-ring (bicyclic) bond motifs is 10. The summed E-state index contributed by atoms with van der Waals surface area (Å²) < 4.78 is 5.41. The summed E-state index contributed by atoms with van der Waals surface area (Å²) in [6.45, 7) is 5.52. The van der Waals surface area contributed by atoms with Gasteiger partial charge in [-0.25, -0.2) is 0 Å². The minimum atomic E-state index is -0.0299. The van der Waals surface area contributed by atoms with E-state index in [1.165, 1.54) is 25.7 Å². The van der Waals surface area contributed by atoms with Crippen molar-refractivity contribution in [1.82, 2.24) is 0 Å². The van der Waals surface area contributed by atoms with E-state index >= 15 is 0 Å². The standard InChI is InChI=1S/C18H26O2/c1-9(2)12-5-10-6-13(12)16-14-7-11(15(10)16)8-18(14)3-4-20-17(18)19/h9-16H,3-8H2,1-2H3. The Hall–Kier alpha value is -0.530. The molecule has 8 atom stereocenters. The van der Waals surface area contributed by atoms with E-state index in [1.807, 2.05) is 0 Å². The second-order valence-electron chi connectivity index (χ2n) is 8.81. The van der Waals surface area contributed by atoms with Gasteiger partial charge in [0.25, 0.3) is 0 Å². The van der Waals surface area contributed by atoms with Crippen LogP contribution in [0.4, 0.5) is 0 Å². The molecule has 4 saturated carbocycles. The first-order valence-electron chi connectivity index (χ1n) is 8.79. The Morgan fingerprint density at radius 2 is 2.00 bits per heavy atom. The minimum Gasteiger partial charge on any atom is -0.465 e. The van der Waals surface area contributed by atoms with Gasteiger partial charge in [0.2, 0.25) is 0 Å². The lowest BCUT2D eigenvalue weighted by molar-refractivity contribution is -0.151. The molecule has 4 bridgehead atoms. The van der Waals surface area contributed by atoms with E-state index in [-0.39, 0.29) is 11.4 Å². The number of esters is 1. The fraction of sp³-hybridized carbons (Fsp3) is 0.944. The van der Waals surface area contributed by atoms with Gasteiger partial charge in [0.1, 0.15) is 0 Å². The van der Waals surface area contributed by atoms with E-state index in [1.54, 1.807) is 0 Å². The van der Waals surface area contributed by atoms with Gasteiger partial charge in [0, 0.05) is 0 Å². The second kappa shape index (κ2) is 3.62. The molecule has 2 nitrogen and oxygen atoms in total. The Balaban J connectivity index is 1.52. The molecule has 5 fully saturated rings. The summed E-state index contributed by atoms with van der Waals surface area (Å²) in [7, 11) is 0. The summed E-state index contributed by atoms with van der Waals surface area (Å²) >= 11 is 0. The topological polar surface area (TPSA) is 26.3 Å². The summed E-state index contributed by atoms with van der Waals surface area (Å²) in [5, 5.41) is 0. The molecule has 0 aromatic heterocycles. The number of cyclic esters (lactones) is 1. The molecule has 110 valence electrons. The van der Waals surface area contributed by atoms with Crippen molar-refractivity contribution in [2.75, 3.05) is 6.61 Å². The summed E-state index contributed by atoms with van der Waals surface area (Å²) in [6.07, 6.45) is 6.52. The zero-order chi connectivity index (χ0) is 13.6. The predicted octanol–water partition coefficient (Wildman–Crippen LogP) is 3.50. The number of hydrogen-bond donors (Lipinski definition) is 0. The van der Waals surface area contributed by atoms with Gasteiger partial charge < -0.3 is 4.74 Å². The van der Waals surface area contributed by atoms with Crippen LogP contribution in [0.15, 0.2) is 0 Å². The van der Waals surface area contributed by atoms with Crippen LogP contribution < -0.4 is 0 Å². The van der Waals surface area contributed by atoms with Crippen LogP contribution in [-0.4, -0.2) is 12.6 Å². The highest BCUT2D eigenvalue weighted by molar-refractivity contribution is 5.80. The lowest BCUT2D eigenvalue weighted by atomic mass is 9.58. The zero-order valence-electron chi connectivity index (χ0n) is 12.7. The van der Waals surface area contributed by atoms with Crippen LogP contribution in [0.3, 0.4) is 0 Å². The molecule has 1 heterocycles. The Labute approximate surface area is 121 Å². The Morgan fingerprint density at radius 3 is 2.70 bits per heavy atom. The van der Waals surface area contributed by atoms with Crippen LogP contribution in [0.25, 0.3) is 0 Å². The monoisotopic (exact) mass is 274 g/mol. The summed E-state index contributed by atoms with van der Waals surface area (Å²) in [5.74, 6) is 7.29. The molecule has 1 saturated heterocycles. The second-order valence-corrected chi connectivity index (χ2v) is 8.81. The molecule has 1 aliphatic heterocycles. The normalized spacial score (nSPS) is 59.0. The van der Waals surface area contributed by atoms with Crippen LogP contribution >= 0.6 is 0 Å². The van der Waals surface area contributed by atoms with E-state index in [0.717, 1.165) is 47.8 Å². The van der Waals surface area contributed by atoms with Crippen molar-refractivity contribution in [2.45, 2.75) is 46.0 Å². The molecule has 20 heavy (non-hydrogen) atoms. The molecule has 1 spiro atoms. The highest BCUT2D eigenvalue weighted by Gasteiger charge is 2.71. The van der Waals surface area contributed by atoms with Crippen molar-refractivity contribution in [3.05, 3.63) is 0 Å². The van der Waals surface area contributed by atoms with E-state index in [2.05, 4.69) is 13.8 Å². The molecule has 2 heteroatoms. The van der Waals surface area contributed by atoms with Gasteiger partial charge in [-0.1, -0.05) is 13.8 Å². The average Bonchev–Trinajstić information content (AvgIpc) is 3.16. The van der Waals surface area contributed by atoms with Crippen LogP contribution in [-0.2, 0) is 9.53 Å². The van der Waals surface area contributed by atoms with Crippen molar-refractivity contribution < 1.29 is 9.53 Å². The molecule has 8 unspecified atom stereocenters. The third-order valence-electron chi connectivity index (χ3n) is 8.13. The van der Waals surface area contributed by atoms with Crippen LogP contribution in [0.2, 0.25) is 0 Å². The SMILES string of the molecule is CC(C)C1CC2CC1C1C2C2CC1C1(CCOC1=O)C2. The van der Waals surface area contributed by atoms with Crippen LogP contribution in [0, 0.1) is 52.8 Å². The van der Waals surface area contributed by atoms with Crippen molar-refractivity contribution >= 4 is 5.97 Å². The first-order valence-corrected chi connectivity index (χ1v) is 8.79. The largest absolute Gasteiger partial charge is 0.465 e. The maximum absolute atomic E-state index is 12.4. The molecule has 5 rings (SSSR count). The lowest BCUT2D eigenvalue weighted by Gasteiger charge is -2.45. The first-order chi connectivity index (χ1) is 9.62. The molecule has 0 amide bonds. The Morgan fingerprint density at radius 1 is 1.15 bits per heavy atom. The Kier molecular flexibility index (Phi) is 2.18. The van der Waals surface area contributed by atoms with Gasteiger partial charge in [0.05, 0.1) is 12.0 Å². The van der Waals surface area contributed by atoms with Crippen molar-refractivity contribution in [3.8, 4) is 0 Å². The van der Waals surface area contributed by atoms with Crippen LogP contribution in [0.5, 0.6) is 0 Å². The van der Waals surface area contributed by atoms with E-state index < -0.39 is 0 Å². The third-order valence-corrected chi connectivity index (χ3v) is 8.13. The van der Waals surface area contributed by atoms with E-state index in [0.29, 0.717) is 12.5 Å². The van der Waals surface area contributed by atoms with Crippen molar-refractivity contribution in [3.63, 3.8) is 0 Å². The van der Waals surface area contributed by atoms with Gasteiger partial charge in [-0.3, -0.25) is 4.79 Å². The number of carbonyl (C=O) groups is 1. The number of hydrogen-bond acceptors (Lipinski definition) is 2. The summed E-state index contributed by atoms with van der Waals surface area (Å²) in [5.41, 5.74) is -0.0299. The highest BCUT2D eigenvalue weighted by Crippen LogP contribution is 2.74. The van der Waals surface area contributed by atoms with Gasteiger partial charge in [-0.15, -0.1) is 0 Å². The quantitative estimate of drug-likeness (QED) is 0.540. The van der Waals surface area contributed by atoms with Gasteiger partial charge in [-0.2, -0.15) is 0 Å². The molecule has 5 aliphatic rings. The van der Waals surface area contributed by atoms with Crippen molar-refractivity contribution in [2.24, 2.45) is 52.8 Å². The Bertz CT molecular complexity index is 470. The van der Waals surface area contributed by atoms with Crippen LogP contribution in [0.1, 0.15) is 46.0 Å². The fourth-order valence-electron chi connectivity index (χ4n) is 7.70. The first kappa shape index (κ1) is 12.1. The van der Waals surface area contributed by atoms with E-state index in [9.17, 15) is 4.79 Å². The number of rotatable bonds is 1. The molecule has 0 aromatic rings. The number of carbonyl (C=O) groups excluding carboxylic acids is 1. The van der Waals surface area contributed by atoms with Crippen molar-refractivity contribution in [1.29, 1.82) is 0 Å². The molecule has 4 aliphatic carbocycles. The highest BCUT2D eigenvalue weighted by atomic mass is 16.5. The smallest absolute Gasteiger partial charge is 0.312 e. The molecular weight excluding hydrogens is 248 g/mol. The van der Waals surface area contributed by atoms with Gasteiger partial charge >= 0.3 is 5.97 Å². The third kappa shape index (κ3) is 1.18. The molecule has 0 radical (unpaired) electrons. The zero-order valence-corrected chi connectivity index (χ0v) is 12.7. The van der Waals surface area contributed by atoms with Gasteiger partial charge in [0.15, 0.2) is 0 Å². The fourth-order valence-corrected chi connectivity index (χ4v) is 7.70. The molecule has 0 aromatic carbocycles.